The van der Waals surface area contributed by atoms with Gasteiger partial charge in [0.05, 0.1) is 0 Å². The maximum Gasteiger partial charge on any atom is 0.143 e. The van der Waals surface area contributed by atoms with Gasteiger partial charge in [-0.15, -0.1) is 0 Å². The second-order valence-corrected chi connectivity index (χ2v) is 14.5. The molecule has 2 aromatic heterocycles. The average molecular weight is 668 g/mol. The highest BCUT2D eigenvalue weighted by atomic mass is 16.3. The SMILES string of the molecule is CC1(C)c2ccccc2-c2ccc(N(c3ccc4c(c3)oc3ccccc34)c3cc(-c4ccccc4)c4oc5ccc6ccccc6c5c4c3)cc21. The van der Waals surface area contributed by atoms with Gasteiger partial charge in [-0.05, 0) is 87.1 Å². The molecule has 1 aliphatic rings. The summed E-state index contributed by atoms with van der Waals surface area (Å²) in [5.41, 5.74) is 14.0. The third-order valence-corrected chi connectivity index (χ3v) is 11.2. The van der Waals surface area contributed by atoms with Gasteiger partial charge in [0.25, 0.3) is 0 Å². The first-order valence-electron chi connectivity index (χ1n) is 17.9. The normalized spacial score (nSPS) is 13.3. The lowest BCUT2D eigenvalue weighted by Crippen LogP contribution is -2.16. The van der Waals surface area contributed by atoms with Gasteiger partial charge in [0.1, 0.15) is 22.3 Å². The van der Waals surface area contributed by atoms with Gasteiger partial charge >= 0.3 is 0 Å². The number of nitrogens with zero attached hydrogens (tertiary/aromatic N) is 1. The molecule has 8 aromatic carbocycles. The lowest BCUT2D eigenvalue weighted by Gasteiger charge is -2.28. The van der Waals surface area contributed by atoms with Crippen molar-refractivity contribution in [3.63, 3.8) is 0 Å². The molecular weight excluding hydrogens is 635 g/mol. The van der Waals surface area contributed by atoms with E-state index >= 15 is 0 Å². The molecule has 0 atom stereocenters. The van der Waals surface area contributed by atoms with E-state index in [4.69, 9.17) is 8.83 Å². The number of para-hydroxylation sites is 1. The number of benzene rings is 8. The second-order valence-electron chi connectivity index (χ2n) is 14.5. The zero-order valence-electron chi connectivity index (χ0n) is 28.9. The molecule has 2 heterocycles. The van der Waals surface area contributed by atoms with Crippen molar-refractivity contribution in [2.75, 3.05) is 4.90 Å². The molecule has 0 spiro atoms. The summed E-state index contributed by atoms with van der Waals surface area (Å²) in [7, 11) is 0. The summed E-state index contributed by atoms with van der Waals surface area (Å²) >= 11 is 0. The van der Waals surface area contributed by atoms with Crippen molar-refractivity contribution in [3.8, 4) is 22.3 Å². The van der Waals surface area contributed by atoms with Crippen LogP contribution in [0.25, 0.3) is 76.9 Å². The minimum atomic E-state index is -0.144. The first-order valence-corrected chi connectivity index (χ1v) is 17.9. The van der Waals surface area contributed by atoms with Crippen LogP contribution in [0.2, 0.25) is 0 Å². The molecule has 10 aromatic rings. The van der Waals surface area contributed by atoms with Crippen molar-refractivity contribution in [2.45, 2.75) is 19.3 Å². The van der Waals surface area contributed by atoms with E-state index in [0.29, 0.717) is 0 Å². The number of hydrogen-bond acceptors (Lipinski definition) is 3. The summed E-state index contributed by atoms with van der Waals surface area (Å²) in [5.74, 6) is 0. The molecule has 52 heavy (non-hydrogen) atoms. The number of fused-ring (bicyclic) bond motifs is 11. The Kier molecular flexibility index (Phi) is 6.01. The molecule has 0 bridgehead atoms. The zero-order chi connectivity index (χ0) is 34.6. The quantitative estimate of drug-likeness (QED) is 0.187. The van der Waals surface area contributed by atoms with Crippen molar-refractivity contribution in [1.29, 1.82) is 0 Å². The standard InChI is InChI=1S/C49H33NO2/c1-49(2)42-18-10-8-16-36(42)37-23-21-32(28-43(37)49)50(33-22-24-39-38-17-9-11-19-44(38)51-46(39)29-33)34-26-40(30-12-4-3-5-13-30)48-41(27-34)47-35-15-7-6-14-31(35)20-25-45(47)52-48/h3-29H,1-2H3. The summed E-state index contributed by atoms with van der Waals surface area (Å²) in [6.45, 7) is 4.68. The predicted molar refractivity (Wildman–Crippen MR) is 216 cm³/mol. The van der Waals surface area contributed by atoms with E-state index < -0.39 is 0 Å². The highest BCUT2D eigenvalue weighted by Crippen LogP contribution is 2.52. The minimum absolute atomic E-state index is 0.144. The van der Waals surface area contributed by atoms with E-state index in [-0.39, 0.29) is 5.41 Å². The molecule has 0 amide bonds. The van der Waals surface area contributed by atoms with Crippen LogP contribution in [-0.4, -0.2) is 0 Å². The fourth-order valence-electron chi connectivity index (χ4n) is 8.73. The lowest BCUT2D eigenvalue weighted by atomic mass is 9.82. The molecule has 0 N–H and O–H groups in total. The fraction of sp³-hybridized carbons (Fsp3) is 0.0612. The Bertz CT molecular complexity index is 3050. The van der Waals surface area contributed by atoms with Crippen molar-refractivity contribution in [1.82, 2.24) is 0 Å². The van der Waals surface area contributed by atoms with Gasteiger partial charge < -0.3 is 13.7 Å². The van der Waals surface area contributed by atoms with Crippen molar-refractivity contribution in [3.05, 3.63) is 175 Å². The topological polar surface area (TPSA) is 29.5 Å². The van der Waals surface area contributed by atoms with E-state index in [9.17, 15) is 0 Å². The van der Waals surface area contributed by atoms with E-state index in [1.165, 1.54) is 33.0 Å². The molecule has 0 saturated carbocycles. The van der Waals surface area contributed by atoms with Crippen LogP contribution in [0.4, 0.5) is 17.1 Å². The van der Waals surface area contributed by atoms with Gasteiger partial charge in [0, 0.05) is 55.7 Å². The third-order valence-electron chi connectivity index (χ3n) is 11.2. The summed E-state index contributed by atoms with van der Waals surface area (Å²) < 4.78 is 13.3. The van der Waals surface area contributed by atoms with Crippen LogP contribution in [0.5, 0.6) is 0 Å². The predicted octanol–water partition coefficient (Wildman–Crippen LogP) is 14.1. The molecule has 0 saturated heterocycles. The Morgan fingerprint density at radius 3 is 2.04 bits per heavy atom. The van der Waals surface area contributed by atoms with Crippen molar-refractivity contribution >= 4 is 71.7 Å². The minimum Gasteiger partial charge on any atom is -0.456 e. The van der Waals surface area contributed by atoms with Crippen LogP contribution >= 0.6 is 0 Å². The Morgan fingerprint density at radius 1 is 0.423 bits per heavy atom. The van der Waals surface area contributed by atoms with Crippen LogP contribution in [0.1, 0.15) is 25.0 Å². The van der Waals surface area contributed by atoms with Crippen LogP contribution in [0, 0.1) is 0 Å². The highest BCUT2D eigenvalue weighted by Gasteiger charge is 2.36. The Morgan fingerprint density at radius 2 is 1.13 bits per heavy atom. The fourth-order valence-corrected chi connectivity index (χ4v) is 8.73. The smallest absolute Gasteiger partial charge is 0.143 e. The zero-order valence-corrected chi connectivity index (χ0v) is 28.9. The maximum absolute atomic E-state index is 6.77. The summed E-state index contributed by atoms with van der Waals surface area (Å²) in [4.78, 5) is 2.39. The van der Waals surface area contributed by atoms with Crippen LogP contribution in [-0.2, 0) is 5.41 Å². The molecule has 0 unspecified atom stereocenters. The second kappa shape index (κ2) is 10.7. The van der Waals surface area contributed by atoms with Gasteiger partial charge in [0.15, 0.2) is 0 Å². The van der Waals surface area contributed by atoms with E-state index in [2.05, 4.69) is 170 Å². The van der Waals surface area contributed by atoms with Gasteiger partial charge in [-0.3, -0.25) is 0 Å². The van der Waals surface area contributed by atoms with Crippen LogP contribution < -0.4 is 4.90 Å². The van der Waals surface area contributed by atoms with Crippen LogP contribution in [0.15, 0.2) is 173 Å². The van der Waals surface area contributed by atoms with Gasteiger partial charge in [0.2, 0.25) is 0 Å². The van der Waals surface area contributed by atoms with Crippen LogP contribution in [0.3, 0.4) is 0 Å². The summed E-state index contributed by atoms with van der Waals surface area (Å²) in [6.07, 6.45) is 0. The van der Waals surface area contributed by atoms with Crippen molar-refractivity contribution < 1.29 is 8.83 Å². The number of hydrogen-bond donors (Lipinski definition) is 0. The number of anilines is 3. The monoisotopic (exact) mass is 667 g/mol. The number of furan rings is 2. The van der Waals surface area contributed by atoms with E-state index in [1.807, 2.05) is 12.1 Å². The first-order chi connectivity index (χ1) is 25.5. The Hall–Kier alpha value is -6.58. The molecule has 1 aliphatic carbocycles. The van der Waals surface area contributed by atoms with Gasteiger partial charge in [-0.25, -0.2) is 0 Å². The number of rotatable bonds is 4. The Balaban J connectivity index is 1.22. The van der Waals surface area contributed by atoms with Gasteiger partial charge in [-0.1, -0.05) is 123 Å². The molecule has 0 aliphatic heterocycles. The van der Waals surface area contributed by atoms with Crippen molar-refractivity contribution in [2.24, 2.45) is 0 Å². The highest BCUT2D eigenvalue weighted by molar-refractivity contribution is 6.21. The van der Waals surface area contributed by atoms with Gasteiger partial charge in [-0.2, -0.15) is 0 Å². The average Bonchev–Trinajstić information content (AvgIpc) is 3.83. The molecule has 0 radical (unpaired) electrons. The largest absolute Gasteiger partial charge is 0.456 e. The molecule has 0 fully saturated rings. The molecule has 11 rings (SSSR count). The maximum atomic E-state index is 6.77. The summed E-state index contributed by atoms with van der Waals surface area (Å²) in [5, 5.41) is 6.83. The summed E-state index contributed by atoms with van der Waals surface area (Å²) in [6, 6.07) is 58.8. The molecule has 3 nitrogen and oxygen atoms in total. The molecular formula is C49H33NO2. The molecule has 3 heteroatoms. The van der Waals surface area contributed by atoms with E-state index in [0.717, 1.165) is 72.1 Å². The Labute approximate surface area is 301 Å². The first kappa shape index (κ1) is 29.2. The lowest BCUT2D eigenvalue weighted by molar-refractivity contribution is 0.660. The third kappa shape index (κ3) is 4.14. The van der Waals surface area contributed by atoms with E-state index in [1.54, 1.807) is 0 Å². The molecule has 246 valence electrons.